The Balaban J connectivity index is 1.64. The van der Waals surface area contributed by atoms with Crippen LogP contribution in [-0.4, -0.2) is 59.4 Å². The predicted octanol–water partition coefficient (Wildman–Crippen LogP) is 2.69. The molecule has 2 aromatic rings. The molecule has 0 aromatic heterocycles. The topological polar surface area (TPSA) is 81.8 Å². The predicted molar refractivity (Wildman–Crippen MR) is 111 cm³/mol. The van der Waals surface area contributed by atoms with Gasteiger partial charge in [0.15, 0.2) is 0 Å². The Morgan fingerprint density at radius 3 is 2.63 bits per heavy atom. The van der Waals surface area contributed by atoms with E-state index in [0.717, 1.165) is 0 Å². The van der Waals surface area contributed by atoms with Crippen LogP contribution in [0.5, 0.6) is 0 Å². The van der Waals surface area contributed by atoms with Gasteiger partial charge < -0.3 is 20.4 Å². The molecule has 4 amide bonds. The molecule has 2 aliphatic heterocycles. The largest absolute Gasteiger partial charge is 0.336 e. The summed E-state index contributed by atoms with van der Waals surface area (Å²) in [6.07, 6.45) is 0. The van der Waals surface area contributed by atoms with Crippen LogP contribution in [0.2, 0.25) is 0 Å². The van der Waals surface area contributed by atoms with Crippen molar-refractivity contribution in [2.75, 3.05) is 25.0 Å². The average Bonchev–Trinajstić information content (AvgIpc) is 2.82. The minimum atomic E-state index is -0.784. The van der Waals surface area contributed by atoms with E-state index in [0.29, 0.717) is 28.9 Å². The van der Waals surface area contributed by atoms with Crippen LogP contribution in [0, 0.1) is 5.82 Å². The summed E-state index contributed by atoms with van der Waals surface area (Å²) < 4.78 is 14.2. The Kier molecular flexibility index (Phi) is 5.15. The first-order chi connectivity index (χ1) is 14.3. The van der Waals surface area contributed by atoms with E-state index in [-0.39, 0.29) is 42.8 Å². The Morgan fingerprint density at radius 1 is 1.13 bits per heavy atom. The van der Waals surface area contributed by atoms with Gasteiger partial charge in [-0.2, -0.15) is 0 Å². The molecular weight excluding hydrogens is 387 g/mol. The summed E-state index contributed by atoms with van der Waals surface area (Å²) >= 11 is 0. The zero-order chi connectivity index (χ0) is 21.4. The lowest BCUT2D eigenvalue weighted by Crippen LogP contribution is -2.61. The summed E-state index contributed by atoms with van der Waals surface area (Å²) in [6, 6.07) is 10.2. The molecule has 2 N–H and O–H groups in total. The molecule has 2 aliphatic rings. The van der Waals surface area contributed by atoms with Gasteiger partial charge in [-0.1, -0.05) is 24.3 Å². The molecule has 0 spiro atoms. The van der Waals surface area contributed by atoms with Crippen molar-refractivity contribution in [2.24, 2.45) is 0 Å². The second-order valence-electron chi connectivity index (χ2n) is 7.79. The molecule has 30 heavy (non-hydrogen) atoms. The average molecular weight is 410 g/mol. The number of amides is 4. The molecule has 0 radical (unpaired) electrons. The van der Waals surface area contributed by atoms with E-state index in [4.69, 9.17) is 0 Å². The van der Waals surface area contributed by atoms with Crippen molar-refractivity contribution >= 4 is 23.5 Å². The lowest BCUT2D eigenvalue weighted by molar-refractivity contribution is -0.121. The fourth-order valence-corrected chi connectivity index (χ4v) is 3.84. The number of benzene rings is 2. The summed E-state index contributed by atoms with van der Waals surface area (Å²) in [5.41, 5.74) is 1.64. The Morgan fingerprint density at radius 2 is 1.90 bits per heavy atom. The summed E-state index contributed by atoms with van der Waals surface area (Å²) in [4.78, 5) is 41.5. The minimum absolute atomic E-state index is 0.0267. The molecule has 7 nitrogen and oxygen atoms in total. The monoisotopic (exact) mass is 410 g/mol. The Bertz CT molecular complexity index is 1020. The first kappa shape index (κ1) is 19.9. The summed E-state index contributed by atoms with van der Waals surface area (Å²) in [5, 5.41) is 5.61. The number of anilines is 1. The number of carbonyl (C=O) groups excluding carboxylic acids is 3. The van der Waals surface area contributed by atoms with Gasteiger partial charge in [0, 0.05) is 24.7 Å². The van der Waals surface area contributed by atoms with E-state index in [9.17, 15) is 18.8 Å². The van der Waals surface area contributed by atoms with Crippen LogP contribution in [0.15, 0.2) is 42.5 Å². The van der Waals surface area contributed by atoms with Gasteiger partial charge in [-0.15, -0.1) is 0 Å². The zero-order valence-electron chi connectivity index (χ0n) is 16.8. The van der Waals surface area contributed by atoms with E-state index < -0.39 is 6.04 Å². The molecule has 1 fully saturated rings. The molecular formula is C22H23FN4O3. The maximum atomic E-state index is 14.2. The van der Waals surface area contributed by atoms with Crippen molar-refractivity contribution < 1.29 is 18.8 Å². The number of piperazine rings is 1. The van der Waals surface area contributed by atoms with Crippen LogP contribution in [0.3, 0.4) is 0 Å². The highest BCUT2D eigenvalue weighted by Crippen LogP contribution is 2.31. The number of hydrogen-bond acceptors (Lipinski definition) is 3. The van der Waals surface area contributed by atoms with Crippen molar-refractivity contribution in [2.45, 2.75) is 25.9 Å². The van der Waals surface area contributed by atoms with Gasteiger partial charge in [0.25, 0.3) is 5.91 Å². The van der Waals surface area contributed by atoms with Crippen LogP contribution < -0.4 is 10.6 Å². The maximum absolute atomic E-state index is 14.2. The van der Waals surface area contributed by atoms with Crippen LogP contribution in [0.25, 0.3) is 11.1 Å². The van der Waals surface area contributed by atoms with E-state index in [1.807, 2.05) is 13.8 Å². The second-order valence-corrected chi connectivity index (χ2v) is 7.79. The standard InChI is InChI=1S/C22H23FN4O3/c1-13(2)24-22(30)26-9-10-27-19(12-26)20(28)25-18-8-7-14(11-16(18)21(27)29)15-5-3-4-6-17(15)23/h3-8,11,13,19H,9-10,12H2,1-2H3,(H,24,30)(H,25,28). The smallest absolute Gasteiger partial charge is 0.317 e. The molecule has 8 heteroatoms. The van der Waals surface area contributed by atoms with Gasteiger partial charge in [0.05, 0.1) is 17.8 Å². The normalized spacial score (nSPS) is 18.5. The van der Waals surface area contributed by atoms with Crippen LogP contribution in [0.4, 0.5) is 14.9 Å². The minimum Gasteiger partial charge on any atom is -0.336 e. The summed E-state index contributed by atoms with van der Waals surface area (Å²) in [7, 11) is 0. The van der Waals surface area contributed by atoms with E-state index in [1.165, 1.54) is 11.0 Å². The third-order valence-corrected chi connectivity index (χ3v) is 5.34. The van der Waals surface area contributed by atoms with Crippen LogP contribution in [-0.2, 0) is 4.79 Å². The Labute approximate surface area is 173 Å². The van der Waals surface area contributed by atoms with Crippen LogP contribution >= 0.6 is 0 Å². The highest BCUT2D eigenvalue weighted by molar-refractivity contribution is 6.10. The fourth-order valence-electron chi connectivity index (χ4n) is 3.84. The molecule has 1 saturated heterocycles. The van der Waals surface area contributed by atoms with Crippen molar-refractivity contribution in [3.8, 4) is 11.1 Å². The molecule has 1 atom stereocenters. The number of nitrogens with one attached hydrogen (secondary N) is 2. The third-order valence-electron chi connectivity index (χ3n) is 5.34. The van der Waals surface area contributed by atoms with Gasteiger partial charge in [-0.25, -0.2) is 9.18 Å². The van der Waals surface area contributed by atoms with Gasteiger partial charge in [-0.3, -0.25) is 9.59 Å². The van der Waals surface area contributed by atoms with Crippen LogP contribution in [0.1, 0.15) is 24.2 Å². The lowest BCUT2D eigenvalue weighted by Gasteiger charge is -2.39. The van der Waals surface area contributed by atoms with Gasteiger partial charge in [-0.05, 0) is 37.6 Å². The molecule has 0 saturated carbocycles. The number of nitrogens with zero attached hydrogens (tertiary/aromatic N) is 2. The highest BCUT2D eigenvalue weighted by Gasteiger charge is 2.40. The van der Waals surface area contributed by atoms with Gasteiger partial charge >= 0.3 is 6.03 Å². The van der Waals surface area contributed by atoms with E-state index in [2.05, 4.69) is 10.6 Å². The van der Waals surface area contributed by atoms with Crippen molar-refractivity contribution in [3.63, 3.8) is 0 Å². The van der Waals surface area contributed by atoms with Gasteiger partial charge in [0.1, 0.15) is 11.9 Å². The van der Waals surface area contributed by atoms with E-state index in [1.54, 1.807) is 41.3 Å². The van der Waals surface area contributed by atoms with Crippen molar-refractivity contribution in [3.05, 3.63) is 53.8 Å². The molecule has 1 unspecified atom stereocenters. The second kappa shape index (κ2) is 7.78. The first-order valence-electron chi connectivity index (χ1n) is 9.91. The molecule has 0 aliphatic carbocycles. The van der Waals surface area contributed by atoms with Crippen molar-refractivity contribution in [1.82, 2.24) is 15.1 Å². The lowest BCUT2D eigenvalue weighted by atomic mass is 10.0. The molecule has 156 valence electrons. The Hall–Kier alpha value is -3.42. The number of carbonyl (C=O) groups is 3. The number of rotatable bonds is 2. The number of halogens is 1. The number of fused-ring (bicyclic) bond motifs is 2. The quantitative estimate of drug-likeness (QED) is 0.799. The van der Waals surface area contributed by atoms with Crippen molar-refractivity contribution in [1.29, 1.82) is 0 Å². The maximum Gasteiger partial charge on any atom is 0.317 e. The highest BCUT2D eigenvalue weighted by atomic mass is 19.1. The summed E-state index contributed by atoms with van der Waals surface area (Å²) in [5.74, 6) is -1.04. The zero-order valence-corrected chi connectivity index (χ0v) is 16.8. The molecule has 2 aromatic carbocycles. The van der Waals surface area contributed by atoms with Gasteiger partial charge in [0.2, 0.25) is 5.91 Å². The third kappa shape index (κ3) is 3.60. The first-order valence-corrected chi connectivity index (χ1v) is 9.91. The van der Waals surface area contributed by atoms with E-state index >= 15 is 0 Å². The molecule has 2 heterocycles. The molecule has 0 bridgehead atoms. The summed E-state index contributed by atoms with van der Waals surface area (Å²) in [6.45, 7) is 4.41. The molecule has 4 rings (SSSR count). The fraction of sp³-hybridized carbons (Fsp3) is 0.318. The SMILES string of the molecule is CC(C)NC(=O)N1CCN2C(=O)c3cc(-c4ccccc4F)ccc3NC(=O)C2C1. The number of urea groups is 1. The number of hydrogen-bond donors (Lipinski definition) is 2.